The number of hydrogen-bond donors (Lipinski definition) is 3. The number of phenols is 1. The SMILES string of the molecule is C=CC(=O)N1CC[C@H](C(=O)N(C)[C@H](C(=O)N[C@H]2Cc3cc(O)cc(c3)-c3ccc4c(c3)c(c(-c3ccccc3CN(C)C)n4CC)CC(C)(C)COC(=O)[C@@H]3CCCN(N3)C2=O)C(C)C)C1.S.S.S.S. The van der Waals surface area contributed by atoms with Crippen LogP contribution >= 0.6 is 54.0 Å². The molecule has 3 N–H and O–H groups in total. The van der Waals surface area contributed by atoms with Crippen LogP contribution in [0.15, 0.2) is 73.3 Å². The van der Waals surface area contributed by atoms with Gasteiger partial charge in [-0.05, 0) is 111 Å². The molecule has 4 amide bonds. The van der Waals surface area contributed by atoms with E-state index in [4.69, 9.17) is 4.74 Å². The third-order valence-electron chi connectivity index (χ3n) is 13.3. The normalized spacial score (nSPS) is 19.4. The Morgan fingerprint density at radius 3 is 2.36 bits per heavy atom. The number of ether oxygens (including phenoxy) is 1. The number of nitrogens with one attached hydrogen (secondary N) is 2. The summed E-state index contributed by atoms with van der Waals surface area (Å²) in [7, 11) is 5.72. The molecular formula is C52H75N7O7S4. The molecule has 70 heavy (non-hydrogen) atoms. The molecule has 0 unspecified atom stereocenters. The highest BCUT2D eigenvalue weighted by Crippen LogP contribution is 2.42. The van der Waals surface area contributed by atoms with Crippen molar-refractivity contribution in [3.63, 3.8) is 0 Å². The molecule has 3 aromatic carbocycles. The zero-order valence-corrected chi connectivity index (χ0v) is 45.9. The van der Waals surface area contributed by atoms with E-state index in [0.717, 1.165) is 51.9 Å². The maximum Gasteiger partial charge on any atom is 0.324 e. The van der Waals surface area contributed by atoms with Gasteiger partial charge >= 0.3 is 5.97 Å². The number of hydrazine groups is 1. The summed E-state index contributed by atoms with van der Waals surface area (Å²) in [6.07, 6.45) is 3.27. The highest BCUT2D eigenvalue weighted by molar-refractivity contribution is 7.59. The van der Waals surface area contributed by atoms with E-state index in [9.17, 15) is 29.1 Å². The Bertz CT molecular complexity index is 2530. The van der Waals surface area contributed by atoms with Crippen LogP contribution < -0.4 is 10.7 Å². The van der Waals surface area contributed by atoms with E-state index in [1.54, 1.807) is 24.1 Å². The molecule has 7 rings (SSSR count). The number of aryl methyl sites for hydroxylation is 1. The monoisotopic (exact) mass is 1040 g/mol. The number of benzene rings is 3. The summed E-state index contributed by atoms with van der Waals surface area (Å²) in [6, 6.07) is 17.2. The number of likely N-dealkylation sites (N-methyl/N-ethyl adjacent to an activating group) is 1. The Balaban J connectivity index is 0.00000324. The minimum absolute atomic E-state index is 0. The molecular weight excluding hydrogens is 963 g/mol. The maximum atomic E-state index is 14.7. The van der Waals surface area contributed by atoms with E-state index in [-0.39, 0.29) is 104 Å². The number of carbonyl (C=O) groups excluding carboxylic acids is 5. The van der Waals surface area contributed by atoms with Gasteiger partial charge < -0.3 is 34.4 Å². The second kappa shape index (κ2) is 25.2. The molecule has 2 fully saturated rings. The number of esters is 1. The van der Waals surface area contributed by atoms with Crippen molar-refractivity contribution in [1.29, 1.82) is 0 Å². The van der Waals surface area contributed by atoms with Gasteiger partial charge in [-0.25, -0.2) is 5.43 Å². The van der Waals surface area contributed by atoms with Crippen LogP contribution in [-0.4, -0.2) is 124 Å². The van der Waals surface area contributed by atoms with Crippen LogP contribution in [0.3, 0.4) is 0 Å². The van der Waals surface area contributed by atoms with Gasteiger partial charge in [-0.15, -0.1) is 0 Å². The lowest BCUT2D eigenvalue weighted by atomic mass is 9.84. The third-order valence-corrected chi connectivity index (χ3v) is 13.3. The predicted octanol–water partition coefficient (Wildman–Crippen LogP) is 6.38. The number of hydrogen-bond acceptors (Lipinski definition) is 9. The van der Waals surface area contributed by atoms with Crippen molar-refractivity contribution >= 4 is 94.5 Å². The molecule has 4 heterocycles. The molecule has 3 aliphatic heterocycles. The summed E-state index contributed by atoms with van der Waals surface area (Å²) < 4.78 is 8.49. The number of aromatic hydroxyl groups is 1. The van der Waals surface area contributed by atoms with Gasteiger partial charge in [0.05, 0.1) is 18.2 Å². The summed E-state index contributed by atoms with van der Waals surface area (Å²) in [5.41, 5.74) is 10.5. The summed E-state index contributed by atoms with van der Waals surface area (Å²) in [4.78, 5) is 74.6. The standard InChI is InChI=1S/C52H67N7O7.4H2S/c1-10-45(61)57-22-20-36(30-57)49(63)56(9)46(32(3)4)48(62)53-43-25-33-23-37(26-38(60)24-33)34-18-19-44-40(27-34)41(47(58(44)11-2)39-16-13-12-15-35(39)29-55(7)8)28-52(5,6)31-66-51(65)42-17-14-21-59(54-42)50(43)64;;;;/h10,12-13,15-16,18-19,23-24,26-27,32,36,42-43,46,54,60H,1,11,14,17,20-22,25,28-31H2,2-9H3,(H,53,62);4*1H2/t36-,42-,43-,46-;;;;/m0..../s1. The number of aromatic nitrogens is 1. The van der Waals surface area contributed by atoms with Gasteiger partial charge in [-0.1, -0.05) is 70.7 Å². The molecule has 18 heteroatoms. The summed E-state index contributed by atoms with van der Waals surface area (Å²) in [6.45, 7) is 16.1. The first-order chi connectivity index (χ1) is 31.4. The molecule has 0 spiro atoms. The zero-order chi connectivity index (χ0) is 47.6. The lowest BCUT2D eigenvalue weighted by Gasteiger charge is -2.37. The van der Waals surface area contributed by atoms with Gasteiger partial charge in [0.2, 0.25) is 17.7 Å². The van der Waals surface area contributed by atoms with Crippen LogP contribution in [0.2, 0.25) is 0 Å². The van der Waals surface area contributed by atoms with Crippen molar-refractivity contribution < 1.29 is 33.8 Å². The predicted molar refractivity (Wildman–Crippen MR) is 297 cm³/mol. The van der Waals surface area contributed by atoms with Crippen LogP contribution in [0.4, 0.5) is 0 Å². The van der Waals surface area contributed by atoms with Crippen molar-refractivity contribution in [3.8, 4) is 28.1 Å². The average molecular weight is 1040 g/mol. The first-order valence-electron chi connectivity index (χ1n) is 23.3. The van der Waals surface area contributed by atoms with E-state index in [0.29, 0.717) is 37.8 Å². The third kappa shape index (κ3) is 13.1. The Labute approximate surface area is 441 Å². The Morgan fingerprint density at radius 2 is 1.69 bits per heavy atom. The fraction of sp³-hybridized carbons (Fsp3) is 0.481. The molecule has 0 saturated carbocycles. The van der Waals surface area contributed by atoms with Gasteiger partial charge in [0.1, 0.15) is 23.9 Å². The first kappa shape index (κ1) is 59.7. The number of nitrogens with zero attached hydrogens (tertiary/aromatic N) is 5. The molecule has 4 atom stereocenters. The van der Waals surface area contributed by atoms with Crippen LogP contribution in [-0.2, 0) is 54.6 Å². The number of amides is 4. The van der Waals surface area contributed by atoms with Crippen molar-refractivity contribution in [2.24, 2.45) is 17.3 Å². The number of cyclic esters (lactones) is 1. The second-order valence-corrected chi connectivity index (χ2v) is 19.7. The molecule has 384 valence electrons. The Morgan fingerprint density at radius 1 is 0.971 bits per heavy atom. The fourth-order valence-electron chi connectivity index (χ4n) is 10.1. The van der Waals surface area contributed by atoms with Gasteiger partial charge in [0, 0.05) is 68.1 Å². The molecule has 14 nitrogen and oxygen atoms in total. The Hall–Kier alpha value is -4.59. The molecule has 2 saturated heterocycles. The van der Waals surface area contributed by atoms with Gasteiger partial charge in [-0.2, -0.15) is 54.0 Å². The summed E-state index contributed by atoms with van der Waals surface area (Å²) >= 11 is 0. The number of rotatable bonds is 10. The van der Waals surface area contributed by atoms with E-state index < -0.39 is 47.2 Å². The lowest BCUT2D eigenvalue weighted by Crippen LogP contribution is -2.62. The number of phenolic OH excluding ortho intramolecular Hbond substituents is 1. The van der Waals surface area contributed by atoms with E-state index >= 15 is 0 Å². The largest absolute Gasteiger partial charge is 0.508 e. The van der Waals surface area contributed by atoms with Gasteiger partial charge in [0.15, 0.2) is 0 Å². The van der Waals surface area contributed by atoms with Gasteiger partial charge in [0.25, 0.3) is 5.91 Å². The van der Waals surface area contributed by atoms with Crippen molar-refractivity contribution in [2.45, 2.75) is 97.9 Å². The van der Waals surface area contributed by atoms with Gasteiger partial charge in [-0.3, -0.25) is 29.0 Å². The first-order valence-corrected chi connectivity index (χ1v) is 23.3. The highest BCUT2D eigenvalue weighted by Gasteiger charge is 2.40. The smallest absolute Gasteiger partial charge is 0.324 e. The van der Waals surface area contributed by atoms with Crippen molar-refractivity contribution in [1.82, 2.24) is 35.0 Å². The lowest BCUT2D eigenvalue weighted by molar-refractivity contribution is -0.155. The zero-order valence-electron chi connectivity index (χ0n) is 41.9. The van der Waals surface area contributed by atoms with E-state index in [1.807, 2.05) is 19.9 Å². The maximum absolute atomic E-state index is 14.7. The average Bonchev–Trinajstić information content (AvgIpc) is 3.89. The molecule has 0 radical (unpaired) electrons. The fourth-order valence-corrected chi connectivity index (χ4v) is 10.1. The van der Waals surface area contributed by atoms with E-state index in [2.05, 4.69) is 104 Å². The number of carbonyl (C=O) groups is 5. The van der Waals surface area contributed by atoms with Crippen molar-refractivity contribution in [3.05, 3.63) is 90.0 Å². The molecule has 6 bridgehead atoms. The van der Waals surface area contributed by atoms with Crippen LogP contribution in [0.5, 0.6) is 5.75 Å². The highest BCUT2D eigenvalue weighted by atomic mass is 32.1. The molecule has 4 aromatic rings. The molecule has 1 aromatic heterocycles. The Kier molecular flexibility index (Phi) is 21.5. The summed E-state index contributed by atoms with van der Waals surface area (Å²) in [5, 5.41) is 16.8. The quantitative estimate of drug-likeness (QED) is 0.121. The van der Waals surface area contributed by atoms with Crippen LogP contribution in [0, 0.1) is 17.3 Å². The van der Waals surface area contributed by atoms with E-state index in [1.165, 1.54) is 21.5 Å². The van der Waals surface area contributed by atoms with Crippen LogP contribution in [0.25, 0.3) is 33.3 Å². The molecule has 0 aliphatic carbocycles. The number of fused-ring (bicyclic) bond motifs is 6. The minimum atomic E-state index is -1.15. The van der Waals surface area contributed by atoms with Crippen molar-refractivity contribution in [2.75, 3.05) is 47.4 Å². The minimum Gasteiger partial charge on any atom is -0.508 e. The molecule has 3 aliphatic rings. The second-order valence-electron chi connectivity index (χ2n) is 19.7. The number of likely N-dealkylation sites (tertiary alicyclic amines) is 1. The van der Waals surface area contributed by atoms with Crippen LogP contribution in [0.1, 0.15) is 70.6 Å². The topological polar surface area (TPSA) is 157 Å². The summed E-state index contributed by atoms with van der Waals surface area (Å²) in [5.74, 6) is -2.78.